The van der Waals surface area contributed by atoms with Crippen molar-refractivity contribution >= 4 is 41.0 Å². The van der Waals surface area contributed by atoms with Gasteiger partial charge in [0.2, 0.25) is 17.8 Å². The van der Waals surface area contributed by atoms with Gasteiger partial charge >= 0.3 is 6.18 Å². The molecule has 1 fully saturated rings. The van der Waals surface area contributed by atoms with Gasteiger partial charge in [0.05, 0.1) is 10.6 Å². The highest BCUT2D eigenvalue weighted by molar-refractivity contribution is 6.32. The van der Waals surface area contributed by atoms with E-state index < -0.39 is 11.7 Å². The summed E-state index contributed by atoms with van der Waals surface area (Å²) in [6.07, 6.45) is -2.11. The second-order valence-electron chi connectivity index (χ2n) is 9.52. The first-order valence-corrected chi connectivity index (χ1v) is 13.2. The van der Waals surface area contributed by atoms with Crippen LogP contribution in [0.25, 0.3) is 0 Å². The summed E-state index contributed by atoms with van der Waals surface area (Å²) < 4.78 is 39.7. The Kier molecular flexibility index (Phi) is 7.92. The average molecular weight is 569 g/mol. The second-order valence-corrected chi connectivity index (χ2v) is 9.93. The minimum absolute atomic E-state index is 0.00897. The van der Waals surface area contributed by atoms with E-state index in [-0.39, 0.29) is 17.9 Å². The van der Waals surface area contributed by atoms with Crippen molar-refractivity contribution in [1.82, 2.24) is 19.9 Å². The summed E-state index contributed by atoms with van der Waals surface area (Å²) in [6, 6.07) is 18.3. The second kappa shape index (κ2) is 11.5. The zero-order valence-corrected chi connectivity index (χ0v) is 22.5. The number of rotatable bonds is 7. The number of pyridine rings is 1. The fourth-order valence-corrected chi connectivity index (χ4v) is 4.98. The number of alkyl halides is 3. The molecule has 0 amide bonds. The van der Waals surface area contributed by atoms with E-state index in [1.807, 2.05) is 48.2 Å². The van der Waals surface area contributed by atoms with Crippen molar-refractivity contribution in [3.63, 3.8) is 0 Å². The van der Waals surface area contributed by atoms with E-state index in [1.165, 1.54) is 12.1 Å². The molecule has 0 bridgehead atoms. The van der Waals surface area contributed by atoms with Crippen molar-refractivity contribution in [2.45, 2.75) is 25.6 Å². The van der Waals surface area contributed by atoms with Crippen LogP contribution in [-0.2, 0) is 12.6 Å². The van der Waals surface area contributed by atoms with E-state index in [0.717, 1.165) is 23.5 Å². The molecule has 0 saturated carbocycles. The van der Waals surface area contributed by atoms with Crippen LogP contribution >= 0.6 is 11.6 Å². The van der Waals surface area contributed by atoms with Gasteiger partial charge in [-0.2, -0.15) is 28.1 Å². The SMILES string of the molecule is CC1CN(c2ncccc2Cl)CCN1c1nc(N)nc(N(CCc2ccccc2)c2ccc(C(F)(F)F)cc2)n1. The van der Waals surface area contributed by atoms with Crippen molar-refractivity contribution in [3.05, 3.63) is 89.1 Å². The summed E-state index contributed by atoms with van der Waals surface area (Å²) in [6.45, 7) is 4.32. The fraction of sp³-hybridized carbons (Fsp3) is 0.286. The predicted molar refractivity (Wildman–Crippen MR) is 151 cm³/mol. The number of anilines is 5. The lowest BCUT2D eigenvalue weighted by atomic mass is 10.1. The van der Waals surface area contributed by atoms with E-state index in [1.54, 1.807) is 17.2 Å². The van der Waals surface area contributed by atoms with E-state index in [4.69, 9.17) is 22.3 Å². The topological polar surface area (TPSA) is 87.3 Å². The lowest BCUT2D eigenvalue weighted by Crippen LogP contribution is -2.53. The third kappa shape index (κ3) is 6.20. The number of halogens is 4. The molecule has 2 aromatic heterocycles. The normalized spacial score (nSPS) is 15.8. The number of nitrogen functional groups attached to an aromatic ring is 1. The van der Waals surface area contributed by atoms with Crippen molar-refractivity contribution in [2.75, 3.05) is 46.6 Å². The number of hydrogen-bond acceptors (Lipinski definition) is 8. The standard InChI is InChI=1S/C28H28ClF3N8/c1-19-18-38(24-23(29)8-5-14-34-24)16-17-39(19)26-35-25(33)36-27(37-26)40(15-13-20-6-3-2-4-7-20)22-11-9-21(10-12-22)28(30,31)32/h2-12,14,19H,13,15-18H2,1H3,(H2,33,35,36,37). The van der Waals surface area contributed by atoms with Gasteiger partial charge in [0, 0.05) is 44.1 Å². The lowest BCUT2D eigenvalue weighted by Gasteiger charge is -2.40. The Morgan fingerprint density at radius 3 is 2.40 bits per heavy atom. The molecule has 1 unspecified atom stereocenters. The van der Waals surface area contributed by atoms with Crippen molar-refractivity contribution in [2.24, 2.45) is 0 Å². The highest BCUT2D eigenvalue weighted by Gasteiger charge is 2.31. The van der Waals surface area contributed by atoms with Gasteiger partial charge in [-0.1, -0.05) is 41.9 Å². The molecule has 2 N–H and O–H groups in total. The first kappa shape index (κ1) is 27.4. The molecular formula is C28H28ClF3N8. The van der Waals surface area contributed by atoms with Crippen LogP contribution in [0.15, 0.2) is 72.9 Å². The maximum Gasteiger partial charge on any atom is 0.416 e. The van der Waals surface area contributed by atoms with Crippen molar-refractivity contribution in [1.29, 1.82) is 0 Å². The maximum atomic E-state index is 13.2. The Balaban J connectivity index is 1.43. The van der Waals surface area contributed by atoms with Crippen LogP contribution in [0.1, 0.15) is 18.1 Å². The Bertz CT molecular complexity index is 1440. The summed E-state index contributed by atoms with van der Waals surface area (Å²) in [5.41, 5.74) is 7.01. The van der Waals surface area contributed by atoms with Gasteiger partial charge < -0.3 is 20.4 Å². The molecule has 8 nitrogen and oxygen atoms in total. The molecule has 1 aliphatic rings. The summed E-state index contributed by atoms with van der Waals surface area (Å²) in [5.74, 6) is 1.42. The monoisotopic (exact) mass is 568 g/mol. The van der Waals surface area contributed by atoms with Crippen LogP contribution in [-0.4, -0.2) is 52.2 Å². The lowest BCUT2D eigenvalue weighted by molar-refractivity contribution is -0.137. The average Bonchev–Trinajstić information content (AvgIpc) is 2.93. The summed E-state index contributed by atoms with van der Waals surface area (Å²) in [5, 5.41) is 0.584. The van der Waals surface area contributed by atoms with Gasteiger partial charge in [-0.15, -0.1) is 0 Å². The molecule has 0 aliphatic carbocycles. The molecule has 208 valence electrons. The van der Waals surface area contributed by atoms with Gasteiger partial charge in [-0.3, -0.25) is 0 Å². The fourth-order valence-electron chi connectivity index (χ4n) is 4.74. The molecule has 1 saturated heterocycles. The summed E-state index contributed by atoms with van der Waals surface area (Å²) >= 11 is 6.37. The highest BCUT2D eigenvalue weighted by Crippen LogP contribution is 2.33. The zero-order valence-electron chi connectivity index (χ0n) is 21.8. The van der Waals surface area contributed by atoms with Crippen LogP contribution < -0.4 is 20.4 Å². The van der Waals surface area contributed by atoms with Crippen molar-refractivity contribution in [3.8, 4) is 0 Å². The van der Waals surface area contributed by atoms with E-state index >= 15 is 0 Å². The molecule has 1 aliphatic heterocycles. The molecule has 40 heavy (non-hydrogen) atoms. The van der Waals surface area contributed by atoms with Crippen LogP contribution in [0.4, 0.5) is 42.5 Å². The molecule has 0 radical (unpaired) electrons. The quantitative estimate of drug-likeness (QED) is 0.307. The minimum Gasteiger partial charge on any atom is -0.368 e. The number of aromatic nitrogens is 4. The third-order valence-electron chi connectivity index (χ3n) is 6.77. The van der Waals surface area contributed by atoms with Crippen LogP contribution in [0.2, 0.25) is 5.02 Å². The number of hydrogen-bond donors (Lipinski definition) is 1. The minimum atomic E-state index is -4.43. The van der Waals surface area contributed by atoms with Crippen LogP contribution in [0, 0.1) is 0 Å². The molecule has 0 spiro atoms. The molecule has 3 heterocycles. The maximum absolute atomic E-state index is 13.2. The molecular weight excluding hydrogens is 541 g/mol. The van der Waals surface area contributed by atoms with Crippen LogP contribution in [0.5, 0.6) is 0 Å². The van der Waals surface area contributed by atoms with Gasteiger partial charge in [0.15, 0.2) is 0 Å². The van der Waals surface area contributed by atoms with Gasteiger partial charge in [0.25, 0.3) is 0 Å². The smallest absolute Gasteiger partial charge is 0.368 e. The molecule has 12 heteroatoms. The zero-order chi connectivity index (χ0) is 28.3. The Morgan fingerprint density at radius 2 is 1.73 bits per heavy atom. The van der Waals surface area contributed by atoms with E-state index in [9.17, 15) is 13.2 Å². The molecule has 5 rings (SSSR count). The molecule has 4 aromatic rings. The van der Waals surface area contributed by atoms with E-state index in [2.05, 4.69) is 19.9 Å². The van der Waals surface area contributed by atoms with Crippen molar-refractivity contribution < 1.29 is 13.2 Å². The van der Waals surface area contributed by atoms with Gasteiger partial charge in [0.1, 0.15) is 5.82 Å². The number of piperazine rings is 1. The first-order valence-electron chi connectivity index (χ1n) is 12.8. The van der Waals surface area contributed by atoms with Crippen LogP contribution in [0.3, 0.4) is 0 Å². The number of benzene rings is 2. The molecule has 2 aromatic carbocycles. The molecule has 1 atom stereocenters. The first-order chi connectivity index (χ1) is 19.2. The summed E-state index contributed by atoms with van der Waals surface area (Å²) in [7, 11) is 0. The van der Waals surface area contributed by atoms with Gasteiger partial charge in [-0.05, 0) is 55.3 Å². The largest absolute Gasteiger partial charge is 0.416 e. The van der Waals surface area contributed by atoms with E-state index in [0.29, 0.717) is 49.3 Å². The third-order valence-corrected chi connectivity index (χ3v) is 7.06. The van der Waals surface area contributed by atoms with Gasteiger partial charge in [-0.25, -0.2) is 4.98 Å². The number of nitrogens with zero attached hydrogens (tertiary/aromatic N) is 7. The Morgan fingerprint density at radius 1 is 0.975 bits per heavy atom. The number of nitrogens with two attached hydrogens (primary N) is 1. The highest BCUT2D eigenvalue weighted by atomic mass is 35.5. The Hall–Kier alpha value is -4.12. The summed E-state index contributed by atoms with van der Waals surface area (Å²) in [4.78, 5) is 23.9. The Labute approximate surface area is 235 Å². The predicted octanol–water partition coefficient (Wildman–Crippen LogP) is 5.62.